The molecule has 0 N–H and O–H groups in total. The number of ether oxygens (including phenoxy) is 5. The highest BCUT2D eigenvalue weighted by molar-refractivity contribution is 6.99. The maximum absolute atomic E-state index is 6.83. The molecule has 214 valence electrons. The minimum atomic E-state index is -2.51. The van der Waals surface area contributed by atoms with E-state index in [1.54, 1.807) is 0 Å². The molecule has 0 bridgehead atoms. The molecule has 2 rings (SSSR count). The van der Waals surface area contributed by atoms with Crippen molar-refractivity contribution in [2.75, 3.05) is 93.3 Å². The largest absolute Gasteiger partial charge is 0.405 e. The lowest BCUT2D eigenvalue weighted by Gasteiger charge is -2.43. The van der Waals surface area contributed by atoms with Gasteiger partial charge < -0.3 is 33.0 Å². The molecule has 0 atom stereocenters. The van der Waals surface area contributed by atoms with Crippen LogP contribution in [0.5, 0.6) is 0 Å². The van der Waals surface area contributed by atoms with E-state index in [2.05, 4.69) is 86.3 Å². The molecule has 0 aliphatic rings. The normalized spacial score (nSPS) is 12.4. The molecule has 2 aromatic carbocycles. The molecule has 0 fully saturated rings. The lowest BCUT2D eigenvalue weighted by atomic mass is 10.2. The summed E-state index contributed by atoms with van der Waals surface area (Å²) in [5.41, 5.74) is 0. The van der Waals surface area contributed by atoms with Gasteiger partial charge >= 0.3 is 0 Å². The molecule has 0 saturated heterocycles. The standard InChI is InChI=1S/C30H49NO6Si/c1-30(2,3)38(28-12-8-6-9-13-28,29-14-10-7-11-15-29)37-27-26-36-25-24-35-23-22-34-21-20-33-19-18-32-17-16-31(4)5/h6-15H,16-27H2,1-5H3. The maximum atomic E-state index is 6.83. The van der Waals surface area contributed by atoms with E-state index in [1.807, 2.05) is 14.1 Å². The Balaban J connectivity index is 1.59. The van der Waals surface area contributed by atoms with E-state index >= 15 is 0 Å². The number of likely N-dealkylation sites (N-methyl/N-ethyl adjacent to an activating group) is 1. The van der Waals surface area contributed by atoms with Crippen LogP contribution in [0.15, 0.2) is 60.7 Å². The van der Waals surface area contributed by atoms with Gasteiger partial charge in [0.1, 0.15) is 0 Å². The molecule has 2 aromatic rings. The van der Waals surface area contributed by atoms with Crippen LogP contribution in [-0.2, 0) is 28.1 Å². The number of rotatable bonds is 21. The number of hydrogen-bond acceptors (Lipinski definition) is 7. The van der Waals surface area contributed by atoms with Crippen LogP contribution in [0.25, 0.3) is 0 Å². The van der Waals surface area contributed by atoms with Gasteiger partial charge in [-0.05, 0) is 29.5 Å². The second-order valence-corrected chi connectivity index (χ2v) is 14.7. The summed E-state index contributed by atoms with van der Waals surface area (Å²) in [5.74, 6) is 0. The average molecular weight is 548 g/mol. The van der Waals surface area contributed by atoms with Gasteiger partial charge in [0.25, 0.3) is 8.32 Å². The minimum absolute atomic E-state index is 0.0381. The zero-order valence-corrected chi connectivity index (χ0v) is 25.2. The molecule has 0 spiro atoms. The third-order valence-corrected chi connectivity index (χ3v) is 11.2. The third kappa shape index (κ3) is 11.6. The molecule has 0 aliphatic heterocycles. The van der Waals surface area contributed by atoms with Gasteiger partial charge in [-0.2, -0.15) is 0 Å². The smallest absolute Gasteiger partial charge is 0.261 e. The summed E-state index contributed by atoms with van der Waals surface area (Å²) >= 11 is 0. The predicted molar refractivity (Wildman–Crippen MR) is 156 cm³/mol. The molecule has 0 amide bonds. The Bertz CT molecular complexity index is 792. The zero-order chi connectivity index (χ0) is 27.5. The Morgan fingerprint density at radius 1 is 0.526 bits per heavy atom. The molecule has 0 heterocycles. The van der Waals surface area contributed by atoms with E-state index in [-0.39, 0.29) is 5.04 Å². The van der Waals surface area contributed by atoms with Gasteiger partial charge in [0.05, 0.1) is 72.7 Å². The summed E-state index contributed by atoms with van der Waals surface area (Å²) in [7, 11) is 1.55. The van der Waals surface area contributed by atoms with Crippen LogP contribution in [-0.4, -0.2) is 107 Å². The van der Waals surface area contributed by atoms with Crippen LogP contribution in [0.4, 0.5) is 0 Å². The van der Waals surface area contributed by atoms with Gasteiger partial charge in [0.2, 0.25) is 0 Å². The fraction of sp³-hybridized carbons (Fsp3) is 0.600. The summed E-state index contributed by atoms with van der Waals surface area (Å²) < 4.78 is 34.8. The van der Waals surface area contributed by atoms with Crippen molar-refractivity contribution in [1.82, 2.24) is 4.90 Å². The second-order valence-electron chi connectivity index (χ2n) is 10.4. The molecule has 0 aromatic heterocycles. The first-order chi connectivity index (χ1) is 18.4. The first kappa shape index (κ1) is 32.6. The predicted octanol–water partition coefficient (Wildman–Crippen LogP) is 3.21. The monoisotopic (exact) mass is 547 g/mol. The van der Waals surface area contributed by atoms with Crippen molar-refractivity contribution in [2.45, 2.75) is 25.8 Å². The zero-order valence-electron chi connectivity index (χ0n) is 24.2. The van der Waals surface area contributed by atoms with E-state index in [0.29, 0.717) is 66.1 Å². The summed E-state index contributed by atoms with van der Waals surface area (Å²) in [6.07, 6.45) is 0. The van der Waals surface area contributed by atoms with Gasteiger partial charge in [0, 0.05) is 6.54 Å². The van der Waals surface area contributed by atoms with Crippen molar-refractivity contribution >= 4 is 18.7 Å². The molecule has 0 aliphatic carbocycles. The van der Waals surface area contributed by atoms with Crippen LogP contribution < -0.4 is 10.4 Å². The summed E-state index contributed by atoms with van der Waals surface area (Å²) in [4.78, 5) is 2.09. The van der Waals surface area contributed by atoms with Crippen LogP contribution in [0.1, 0.15) is 20.8 Å². The van der Waals surface area contributed by atoms with Crippen molar-refractivity contribution in [3.63, 3.8) is 0 Å². The van der Waals surface area contributed by atoms with Gasteiger partial charge in [0.15, 0.2) is 0 Å². The molecule has 38 heavy (non-hydrogen) atoms. The Hall–Kier alpha value is -1.62. The van der Waals surface area contributed by atoms with Crippen molar-refractivity contribution in [3.8, 4) is 0 Å². The fourth-order valence-electron chi connectivity index (χ4n) is 4.24. The molecule has 0 radical (unpaired) electrons. The van der Waals surface area contributed by atoms with E-state index in [0.717, 1.165) is 13.2 Å². The highest BCUT2D eigenvalue weighted by Gasteiger charge is 2.49. The summed E-state index contributed by atoms with van der Waals surface area (Å²) in [6, 6.07) is 21.3. The van der Waals surface area contributed by atoms with Gasteiger partial charge in [-0.3, -0.25) is 0 Å². The lowest BCUT2D eigenvalue weighted by Crippen LogP contribution is -2.66. The number of nitrogens with zero attached hydrogens (tertiary/aromatic N) is 1. The van der Waals surface area contributed by atoms with E-state index in [1.165, 1.54) is 10.4 Å². The van der Waals surface area contributed by atoms with Crippen molar-refractivity contribution in [2.24, 2.45) is 0 Å². The summed E-state index contributed by atoms with van der Waals surface area (Å²) in [5, 5.41) is 2.52. The molecular formula is C30H49NO6Si. The van der Waals surface area contributed by atoms with Crippen LogP contribution in [0.3, 0.4) is 0 Å². The van der Waals surface area contributed by atoms with Crippen molar-refractivity contribution < 1.29 is 28.1 Å². The number of hydrogen-bond donors (Lipinski definition) is 0. The first-order valence-corrected chi connectivity index (χ1v) is 15.6. The minimum Gasteiger partial charge on any atom is -0.405 e. The highest BCUT2D eigenvalue weighted by Crippen LogP contribution is 2.36. The summed E-state index contributed by atoms with van der Waals surface area (Å²) in [6.45, 7) is 14.0. The molecule has 7 nitrogen and oxygen atoms in total. The van der Waals surface area contributed by atoms with Crippen molar-refractivity contribution in [1.29, 1.82) is 0 Å². The first-order valence-electron chi connectivity index (χ1n) is 13.7. The SMILES string of the molecule is CN(C)CCOCCOCCOCCOCCOCCO[Si](c1ccccc1)(c1ccccc1)C(C)(C)C. The van der Waals surface area contributed by atoms with Crippen LogP contribution in [0, 0.1) is 0 Å². The second kappa shape index (κ2) is 18.6. The Morgan fingerprint density at radius 2 is 0.868 bits per heavy atom. The molecule has 8 heteroatoms. The van der Waals surface area contributed by atoms with Crippen LogP contribution >= 0.6 is 0 Å². The van der Waals surface area contributed by atoms with Gasteiger partial charge in [-0.1, -0.05) is 81.4 Å². The topological polar surface area (TPSA) is 58.6 Å². The Kier molecular flexibility index (Phi) is 16.0. The average Bonchev–Trinajstić information content (AvgIpc) is 2.90. The Morgan fingerprint density at radius 3 is 1.21 bits per heavy atom. The van der Waals surface area contributed by atoms with E-state index in [9.17, 15) is 0 Å². The molecule has 0 saturated carbocycles. The lowest BCUT2D eigenvalue weighted by molar-refractivity contribution is -0.0134. The van der Waals surface area contributed by atoms with Crippen molar-refractivity contribution in [3.05, 3.63) is 60.7 Å². The fourth-order valence-corrected chi connectivity index (χ4v) is 8.79. The maximum Gasteiger partial charge on any atom is 0.261 e. The Labute approximate surface area is 231 Å². The quantitative estimate of drug-likeness (QED) is 0.176. The highest BCUT2D eigenvalue weighted by atomic mass is 28.4. The molecular weight excluding hydrogens is 498 g/mol. The number of benzene rings is 2. The van der Waals surface area contributed by atoms with E-state index in [4.69, 9.17) is 28.1 Å². The van der Waals surface area contributed by atoms with Gasteiger partial charge in [-0.15, -0.1) is 0 Å². The van der Waals surface area contributed by atoms with E-state index < -0.39 is 8.32 Å². The third-order valence-electron chi connectivity index (χ3n) is 6.13. The molecule has 0 unspecified atom stereocenters. The van der Waals surface area contributed by atoms with Crippen LogP contribution in [0.2, 0.25) is 5.04 Å². The van der Waals surface area contributed by atoms with Gasteiger partial charge in [-0.25, -0.2) is 0 Å².